The highest BCUT2D eigenvalue weighted by Crippen LogP contribution is 2.15. The van der Waals surface area contributed by atoms with Crippen molar-refractivity contribution >= 4 is 7.32 Å². The van der Waals surface area contributed by atoms with Gasteiger partial charge in [0.2, 0.25) is 0 Å². The van der Waals surface area contributed by atoms with Crippen LogP contribution in [0.2, 0.25) is 0 Å². The Balaban J connectivity index is 2.00. The molecule has 3 nitrogen and oxygen atoms in total. The fraction of sp³-hybridized carbons (Fsp3) is 1.00. The van der Waals surface area contributed by atoms with Gasteiger partial charge in [-0.25, -0.2) is 0 Å². The van der Waals surface area contributed by atoms with Crippen LogP contribution in [0.15, 0.2) is 0 Å². The zero-order chi connectivity index (χ0) is 9.52. The molecule has 0 aromatic rings. The van der Waals surface area contributed by atoms with Gasteiger partial charge in [-0.1, -0.05) is 32.6 Å². The lowest BCUT2D eigenvalue weighted by molar-refractivity contribution is 0.0223. The minimum absolute atomic E-state index is 0.209. The van der Waals surface area contributed by atoms with Crippen LogP contribution in [-0.4, -0.2) is 25.1 Å². The molecular weight excluding hydrogens is 167 g/mol. The fourth-order valence-electron chi connectivity index (χ4n) is 1.58. The van der Waals surface area contributed by atoms with Gasteiger partial charge in [-0.2, -0.15) is 0 Å². The summed E-state index contributed by atoms with van der Waals surface area (Å²) in [5.74, 6) is 0. The first-order chi connectivity index (χ1) is 6.33. The Morgan fingerprint density at radius 2 is 2.23 bits per heavy atom. The van der Waals surface area contributed by atoms with Crippen molar-refractivity contribution in [2.75, 3.05) is 6.61 Å². The summed E-state index contributed by atoms with van der Waals surface area (Å²) in [4.78, 5) is 0. The van der Waals surface area contributed by atoms with E-state index in [9.17, 15) is 0 Å². The standard InChI is InChI=1S/C9H19BO3/c1-2-3-4-5-6-9-7-8-12-10(11)13-9/h9,11H,2-8H2,1H3. The summed E-state index contributed by atoms with van der Waals surface area (Å²) in [6, 6.07) is 0. The fourth-order valence-corrected chi connectivity index (χ4v) is 1.58. The molecule has 1 aliphatic heterocycles. The molecule has 0 aromatic heterocycles. The third-order valence-electron chi connectivity index (χ3n) is 2.39. The largest absolute Gasteiger partial charge is 0.636 e. The summed E-state index contributed by atoms with van der Waals surface area (Å²) in [5, 5.41) is 9.04. The van der Waals surface area contributed by atoms with Crippen LogP contribution in [0, 0.1) is 0 Å². The van der Waals surface area contributed by atoms with Crippen LogP contribution in [0.5, 0.6) is 0 Å². The van der Waals surface area contributed by atoms with Gasteiger partial charge in [0, 0.05) is 12.7 Å². The maximum atomic E-state index is 9.04. The Kier molecular flexibility index (Phi) is 5.43. The molecular formula is C9H19BO3. The Bertz CT molecular complexity index is 132. The second-order valence-electron chi connectivity index (χ2n) is 3.57. The van der Waals surface area contributed by atoms with E-state index in [1.165, 1.54) is 25.7 Å². The zero-order valence-corrected chi connectivity index (χ0v) is 8.37. The lowest BCUT2D eigenvalue weighted by Crippen LogP contribution is -2.35. The molecule has 0 amide bonds. The molecule has 4 heteroatoms. The van der Waals surface area contributed by atoms with Crippen molar-refractivity contribution in [1.82, 2.24) is 0 Å². The molecule has 1 N–H and O–H groups in total. The van der Waals surface area contributed by atoms with E-state index in [2.05, 4.69) is 6.92 Å². The van der Waals surface area contributed by atoms with Crippen molar-refractivity contribution < 1.29 is 14.3 Å². The summed E-state index contributed by atoms with van der Waals surface area (Å²) in [6.45, 7) is 2.83. The number of rotatable bonds is 5. The van der Waals surface area contributed by atoms with Crippen molar-refractivity contribution in [3.8, 4) is 0 Å². The molecule has 1 unspecified atom stereocenters. The molecule has 13 heavy (non-hydrogen) atoms. The SMILES string of the molecule is CCCCCCC1CCOB(O)O1. The Labute approximate surface area is 80.6 Å². The topological polar surface area (TPSA) is 38.7 Å². The molecule has 1 saturated heterocycles. The van der Waals surface area contributed by atoms with E-state index in [0.717, 1.165) is 12.8 Å². The molecule has 0 aromatic carbocycles. The Morgan fingerprint density at radius 3 is 2.92 bits per heavy atom. The van der Waals surface area contributed by atoms with Crippen LogP contribution >= 0.6 is 0 Å². The first kappa shape index (κ1) is 11.0. The summed E-state index contributed by atoms with van der Waals surface area (Å²) >= 11 is 0. The molecule has 1 fully saturated rings. The van der Waals surface area contributed by atoms with Crippen LogP contribution in [-0.2, 0) is 9.31 Å². The van der Waals surface area contributed by atoms with Crippen molar-refractivity contribution in [3.05, 3.63) is 0 Å². The lowest BCUT2D eigenvalue weighted by Gasteiger charge is -2.24. The van der Waals surface area contributed by atoms with Gasteiger partial charge < -0.3 is 14.3 Å². The maximum Gasteiger partial charge on any atom is 0.636 e. The third kappa shape index (κ3) is 4.65. The van der Waals surface area contributed by atoms with Gasteiger partial charge in [-0.15, -0.1) is 0 Å². The van der Waals surface area contributed by atoms with Crippen molar-refractivity contribution in [1.29, 1.82) is 0 Å². The summed E-state index contributed by atoms with van der Waals surface area (Å²) < 4.78 is 10.1. The molecule has 1 atom stereocenters. The van der Waals surface area contributed by atoms with E-state index >= 15 is 0 Å². The van der Waals surface area contributed by atoms with Crippen molar-refractivity contribution in [3.63, 3.8) is 0 Å². The molecule has 1 rings (SSSR count). The number of hydrogen-bond acceptors (Lipinski definition) is 3. The van der Waals surface area contributed by atoms with E-state index in [-0.39, 0.29) is 6.10 Å². The van der Waals surface area contributed by atoms with Crippen molar-refractivity contribution in [2.45, 2.75) is 51.6 Å². The van der Waals surface area contributed by atoms with Gasteiger partial charge in [0.05, 0.1) is 0 Å². The molecule has 1 heterocycles. The molecule has 1 aliphatic rings. The highest BCUT2D eigenvalue weighted by Gasteiger charge is 2.26. The van der Waals surface area contributed by atoms with Gasteiger partial charge >= 0.3 is 7.32 Å². The third-order valence-corrected chi connectivity index (χ3v) is 2.39. The predicted molar refractivity (Wildman–Crippen MR) is 52.2 cm³/mol. The molecule has 0 spiro atoms. The Hall–Kier alpha value is -0.0551. The minimum Gasteiger partial charge on any atom is -0.402 e. The second kappa shape index (κ2) is 6.41. The average molecular weight is 186 g/mol. The number of unbranched alkanes of at least 4 members (excludes halogenated alkanes) is 3. The van der Waals surface area contributed by atoms with E-state index in [4.69, 9.17) is 14.3 Å². The van der Waals surface area contributed by atoms with Crippen molar-refractivity contribution in [2.24, 2.45) is 0 Å². The van der Waals surface area contributed by atoms with E-state index in [1.54, 1.807) is 0 Å². The quantitative estimate of drug-likeness (QED) is 0.525. The van der Waals surface area contributed by atoms with E-state index < -0.39 is 7.32 Å². The molecule has 0 saturated carbocycles. The summed E-state index contributed by atoms with van der Waals surface area (Å²) in [7, 11) is -0.982. The van der Waals surface area contributed by atoms with Gasteiger partial charge in [0.15, 0.2) is 0 Å². The van der Waals surface area contributed by atoms with E-state index in [0.29, 0.717) is 6.61 Å². The van der Waals surface area contributed by atoms with Gasteiger partial charge in [-0.3, -0.25) is 0 Å². The Morgan fingerprint density at radius 1 is 1.38 bits per heavy atom. The monoisotopic (exact) mass is 186 g/mol. The molecule has 0 aliphatic carbocycles. The molecule has 0 bridgehead atoms. The maximum absolute atomic E-state index is 9.04. The minimum atomic E-state index is -0.982. The zero-order valence-electron chi connectivity index (χ0n) is 8.37. The molecule has 76 valence electrons. The first-order valence-electron chi connectivity index (χ1n) is 5.28. The first-order valence-corrected chi connectivity index (χ1v) is 5.28. The van der Waals surface area contributed by atoms with Crippen LogP contribution < -0.4 is 0 Å². The van der Waals surface area contributed by atoms with Gasteiger partial charge in [0.1, 0.15) is 0 Å². The summed E-state index contributed by atoms with van der Waals surface area (Å²) in [6.07, 6.45) is 7.21. The van der Waals surface area contributed by atoms with E-state index in [1.807, 2.05) is 0 Å². The van der Waals surface area contributed by atoms with Crippen LogP contribution in [0.25, 0.3) is 0 Å². The highest BCUT2D eigenvalue weighted by atomic mass is 16.7. The van der Waals surface area contributed by atoms with Gasteiger partial charge in [0.25, 0.3) is 0 Å². The highest BCUT2D eigenvalue weighted by molar-refractivity contribution is 6.34. The predicted octanol–water partition coefficient (Wildman–Crippen LogP) is 1.74. The van der Waals surface area contributed by atoms with Crippen LogP contribution in [0.4, 0.5) is 0 Å². The number of hydrogen-bond donors (Lipinski definition) is 1. The normalized spacial score (nSPS) is 23.5. The van der Waals surface area contributed by atoms with Crippen LogP contribution in [0.1, 0.15) is 45.4 Å². The van der Waals surface area contributed by atoms with Crippen LogP contribution in [0.3, 0.4) is 0 Å². The second-order valence-corrected chi connectivity index (χ2v) is 3.57. The lowest BCUT2D eigenvalue weighted by atomic mass is 10.0. The molecule has 0 radical (unpaired) electrons. The van der Waals surface area contributed by atoms with Gasteiger partial charge in [-0.05, 0) is 12.8 Å². The smallest absolute Gasteiger partial charge is 0.402 e. The summed E-state index contributed by atoms with van der Waals surface area (Å²) in [5.41, 5.74) is 0. The average Bonchev–Trinajstić information content (AvgIpc) is 2.13.